The first kappa shape index (κ1) is 23.8. The summed E-state index contributed by atoms with van der Waals surface area (Å²) in [5, 5.41) is 8.35. The maximum atomic E-state index is 13.2. The molecular formula is C28H31N3O2S2. The van der Waals surface area contributed by atoms with Crippen LogP contribution in [0.25, 0.3) is 22.0 Å². The van der Waals surface area contributed by atoms with Crippen LogP contribution >= 0.6 is 22.7 Å². The molecular weight excluding hydrogens is 474 g/mol. The van der Waals surface area contributed by atoms with Gasteiger partial charge < -0.3 is 14.6 Å². The zero-order valence-electron chi connectivity index (χ0n) is 20.3. The summed E-state index contributed by atoms with van der Waals surface area (Å²) in [7, 11) is 1.67. The molecule has 1 aliphatic rings. The first-order valence-electron chi connectivity index (χ1n) is 12.2. The maximum Gasteiger partial charge on any atom is 0.253 e. The molecule has 1 fully saturated rings. The van der Waals surface area contributed by atoms with E-state index in [0.29, 0.717) is 5.92 Å². The number of nitrogens with zero attached hydrogens (tertiary/aromatic N) is 2. The maximum absolute atomic E-state index is 13.2. The number of hydrogen-bond acceptors (Lipinski definition) is 5. The van der Waals surface area contributed by atoms with Gasteiger partial charge in [-0.1, -0.05) is 25.3 Å². The molecule has 4 aromatic rings. The molecule has 0 bridgehead atoms. The highest BCUT2D eigenvalue weighted by molar-refractivity contribution is 7.13. The van der Waals surface area contributed by atoms with E-state index in [2.05, 4.69) is 32.8 Å². The van der Waals surface area contributed by atoms with Crippen LogP contribution < -0.4 is 10.1 Å². The van der Waals surface area contributed by atoms with E-state index < -0.39 is 0 Å². The summed E-state index contributed by atoms with van der Waals surface area (Å²) in [6.07, 6.45) is 6.32. The van der Waals surface area contributed by atoms with Crippen LogP contribution in [-0.2, 0) is 6.54 Å². The number of thiophene rings is 1. The Balaban J connectivity index is 1.43. The minimum absolute atomic E-state index is 0.0184. The van der Waals surface area contributed by atoms with E-state index in [-0.39, 0.29) is 5.91 Å². The van der Waals surface area contributed by atoms with Crippen molar-refractivity contribution in [3.8, 4) is 27.7 Å². The molecule has 182 valence electrons. The van der Waals surface area contributed by atoms with Crippen molar-refractivity contribution in [2.24, 2.45) is 5.92 Å². The van der Waals surface area contributed by atoms with Crippen LogP contribution in [0.3, 0.4) is 0 Å². The largest absolute Gasteiger partial charge is 0.497 e. The van der Waals surface area contributed by atoms with Gasteiger partial charge in [-0.25, -0.2) is 4.98 Å². The molecule has 1 aromatic carbocycles. The standard InChI is InChI=1S/C28H31N3O2S2/c1-19-24(27(32)29-16-20-7-4-3-5-8-20)15-26(31(19)17-23-9-6-14-34-23)25-18-35-28(30-25)21-10-12-22(33-2)13-11-21/h6,9-15,18,20H,3-5,7-8,16-17H2,1-2H3,(H,29,32). The van der Waals surface area contributed by atoms with Crippen molar-refractivity contribution < 1.29 is 9.53 Å². The lowest BCUT2D eigenvalue weighted by molar-refractivity contribution is 0.0943. The molecule has 0 saturated heterocycles. The van der Waals surface area contributed by atoms with Gasteiger partial charge >= 0.3 is 0 Å². The number of carbonyl (C=O) groups excluding carboxylic acids is 1. The monoisotopic (exact) mass is 505 g/mol. The molecule has 5 rings (SSSR count). The Hall–Kier alpha value is -2.90. The van der Waals surface area contributed by atoms with Crippen LogP contribution in [0, 0.1) is 12.8 Å². The van der Waals surface area contributed by atoms with Gasteiger partial charge in [0.15, 0.2) is 0 Å². The van der Waals surface area contributed by atoms with Crippen LogP contribution in [0.15, 0.2) is 53.2 Å². The summed E-state index contributed by atoms with van der Waals surface area (Å²) < 4.78 is 7.52. The average Bonchev–Trinajstić information content (AvgIpc) is 3.65. The van der Waals surface area contributed by atoms with Crippen LogP contribution in [0.4, 0.5) is 0 Å². The molecule has 0 radical (unpaired) electrons. The van der Waals surface area contributed by atoms with Gasteiger partial charge in [0.2, 0.25) is 0 Å². The summed E-state index contributed by atoms with van der Waals surface area (Å²) in [6.45, 7) is 3.54. The summed E-state index contributed by atoms with van der Waals surface area (Å²) in [4.78, 5) is 19.5. The minimum Gasteiger partial charge on any atom is -0.497 e. The van der Waals surface area contributed by atoms with Crippen LogP contribution in [-0.4, -0.2) is 29.1 Å². The molecule has 0 spiro atoms. The number of nitrogens with one attached hydrogen (secondary N) is 1. The number of thiazole rings is 1. The SMILES string of the molecule is COc1ccc(-c2nc(-c3cc(C(=O)NCC4CCCCC4)c(C)n3Cc3cccs3)cs2)cc1. The lowest BCUT2D eigenvalue weighted by Gasteiger charge is -2.21. The third-order valence-corrected chi connectivity index (χ3v) is 8.64. The Kier molecular flexibility index (Phi) is 7.35. The summed E-state index contributed by atoms with van der Waals surface area (Å²) in [5.74, 6) is 1.45. The van der Waals surface area contributed by atoms with Crippen molar-refractivity contribution in [2.75, 3.05) is 13.7 Å². The smallest absolute Gasteiger partial charge is 0.253 e. The van der Waals surface area contributed by atoms with Crippen molar-refractivity contribution in [2.45, 2.75) is 45.6 Å². The molecule has 1 saturated carbocycles. The molecule has 3 heterocycles. The Morgan fingerprint density at radius 1 is 1.14 bits per heavy atom. The van der Waals surface area contributed by atoms with Crippen molar-refractivity contribution in [3.05, 3.63) is 69.4 Å². The number of ether oxygens (including phenoxy) is 1. The summed E-state index contributed by atoms with van der Waals surface area (Å²) in [6, 6.07) is 14.2. The number of benzene rings is 1. The molecule has 1 N–H and O–H groups in total. The Morgan fingerprint density at radius 2 is 1.94 bits per heavy atom. The van der Waals surface area contributed by atoms with Gasteiger partial charge in [0, 0.05) is 28.1 Å². The third kappa shape index (κ3) is 5.36. The number of aromatic nitrogens is 2. The molecule has 0 aliphatic heterocycles. The van der Waals surface area contributed by atoms with Gasteiger partial charge in [-0.2, -0.15) is 0 Å². The zero-order valence-corrected chi connectivity index (χ0v) is 21.9. The van der Waals surface area contributed by atoms with E-state index in [1.54, 1.807) is 29.8 Å². The number of carbonyl (C=O) groups is 1. The highest BCUT2D eigenvalue weighted by Crippen LogP contribution is 2.33. The molecule has 3 aromatic heterocycles. The van der Waals surface area contributed by atoms with Gasteiger partial charge in [-0.15, -0.1) is 22.7 Å². The van der Waals surface area contributed by atoms with E-state index in [4.69, 9.17) is 9.72 Å². The predicted molar refractivity (Wildman–Crippen MR) is 145 cm³/mol. The third-order valence-electron chi connectivity index (χ3n) is 6.88. The van der Waals surface area contributed by atoms with Gasteiger partial charge in [-0.05, 0) is 67.5 Å². The van der Waals surface area contributed by atoms with Gasteiger partial charge in [-0.3, -0.25) is 4.79 Å². The molecule has 1 aliphatic carbocycles. The average molecular weight is 506 g/mol. The summed E-state index contributed by atoms with van der Waals surface area (Å²) in [5.41, 5.74) is 4.65. The Bertz CT molecular complexity index is 1270. The fraction of sp³-hybridized carbons (Fsp3) is 0.357. The van der Waals surface area contributed by atoms with Crippen LogP contribution in [0.2, 0.25) is 0 Å². The van der Waals surface area contributed by atoms with Crippen molar-refractivity contribution >= 4 is 28.6 Å². The van der Waals surface area contributed by atoms with Crippen LogP contribution in [0.5, 0.6) is 5.75 Å². The normalized spacial score (nSPS) is 14.2. The van der Waals surface area contributed by atoms with E-state index >= 15 is 0 Å². The highest BCUT2D eigenvalue weighted by atomic mass is 32.1. The molecule has 7 heteroatoms. The van der Waals surface area contributed by atoms with E-state index in [1.165, 1.54) is 37.0 Å². The second-order valence-corrected chi connectivity index (χ2v) is 11.1. The van der Waals surface area contributed by atoms with E-state index in [1.807, 2.05) is 37.3 Å². The fourth-order valence-electron chi connectivity index (χ4n) is 4.83. The molecule has 35 heavy (non-hydrogen) atoms. The van der Waals surface area contributed by atoms with Crippen LogP contribution in [0.1, 0.15) is 53.0 Å². The number of methoxy groups -OCH3 is 1. The second-order valence-electron chi connectivity index (χ2n) is 9.17. The number of rotatable bonds is 8. The van der Waals surface area contributed by atoms with Crippen molar-refractivity contribution in [1.29, 1.82) is 0 Å². The number of amides is 1. The zero-order chi connectivity index (χ0) is 24.2. The Morgan fingerprint density at radius 3 is 2.66 bits per heavy atom. The molecule has 0 atom stereocenters. The van der Waals surface area contributed by atoms with Gasteiger partial charge in [0.1, 0.15) is 10.8 Å². The number of hydrogen-bond donors (Lipinski definition) is 1. The second kappa shape index (κ2) is 10.8. The lowest BCUT2D eigenvalue weighted by atomic mass is 9.89. The quantitative estimate of drug-likeness (QED) is 0.280. The van der Waals surface area contributed by atoms with Crippen molar-refractivity contribution in [1.82, 2.24) is 14.9 Å². The lowest BCUT2D eigenvalue weighted by Crippen LogP contribution is -2.30. The van der Waals surface area contributed by atoms with E-state index in [9.17, 15) is 4.79 Å². The summed E-state index contributed by atoms with van der Waals surface area (Å²) >= 11 is 3.35. The Labute approximate surface area is 214 Å². The first-order chi connectivity index (χ1) is 17.1. The first-order valence-corrected chi connectivity index (χ1v) is 14.0. The molecule has 5 nitrogen and oxygen atoms in total. The molecule has 1 amide bonds. The van der Waals surface area contributed by atoms with E-state index in [0.717, 1.165) is 52.1 Å². The minimum atomic E-state index is 0.0184. The van der Waals surface area contributed by atoms with Crippen molar-refractivity contribution in [3.63, 3.8) is 0 Å². The highest BCUT2D eigenvalue weighted by Gasteiger charge is 2.22. The predicted octanol–water partition coefficient (Wildman–Crippen LogP) is 7.02. The van der Waals surface area contributed by atoms with Gasteiger partial charge in [0.25, 0.3) is 5.91 Å². The molecule has 0 unspecified atom stereocenters. The fourth-order valence-corrected chi connectivity index (χ4v) is 6.34. The van der Waals surface area contributed by atoms with Gasteiger partial charge in [0.05, 0.1) is 30.6 Å². The topological polar surface area (TPSA) is 56.1 Å².